The summed E-state index contributed by atoms with van der Waals surface area (Å²) < 4.78 is 5.66. The number of aliphatic hydroxyl groups excluding tert-OH is 1. The van der Waals surface area contributed by atoms with E-state index in [9.17, 15) is 5.11 Å². The molecule has 0 saturated carbocycles. The molecule has 1 aromatic rings. The number of nitrogens with zero attached hydrogens (tertiary/aromatic N) is 1. The van der Waals surface area contributed by atoms with Crippen LogP contribution in [-0.4, -0.2) is 41.8 Å². The van der Waals surface area contributed by atoms with Gasteiger partial charge in [-0.1, -0.05) is 24.3 Å². The average Bonchev–Trinajstić information content (AvgIpc) is 2.77. The molecule has 104 valence electrons. The largest absolute Gasteiger partial charge is 0.387 e. The first kappa shape index (κ1) is 13.1. The monoisotopic (exact) mass is 261 g/mol. The minimum atomic E-state index is -0.351. The molecular formula is C16H23NO2. The molecule has 3 atom stereocenters. The molecule has 1 aromatic carbocycles. The fourth-order valence-electron chi connectivity index (χ4n) is 3.58. The van der Waals surface area contributed by atoms with Crippen molar-refractivity contribution in [2.75, 3.05) is 20.2 Å². The zero-order chi connectivity index (χ0) is 13.5. The SMILES string of the molecule is COC1(C)CCCN(C2Cc3ccccc3C2O)C1. The summed E-state index contributed by atoms with van der Waals surface area (Å²) in [5.74, 6) is 0. The van der Waals surface area contributed by atoms with Gasteiger partial charge in [-0.15, -0.1) is 0 Å². The van der Waals surface area contributed by atoms with E-state index >= 15 is 0 Å². The summed E-state index contributed by atoms with van der Waals surface area (Å²) in [6.07, 6.45) is 2.85. The lowest BCUT2D eigenvalue weighted by Crippen LogP contribution is -2.52. The second-order valence-electron chi connectivity index (χ2n) is 6.14. The van der Waals surface area contributed by atoms with Crippen molar-refractivity contribution in [2.24, 2.45) is 0 Å². The maximum absolute atomic E-state index is 10.6. The molecule has 3 heteroatoms. The van der Waals surface area contributed by atoms with E-state index in [1.165, 1.54) is 5.56 Å². The molecule has 2 aliphatic rings. The average molecular weight is 261 g/mol. The first-order valence-corrected chi connectivity index (χ1v) is 7.18. The molecule has 1 N–H and O–H groups in total. The summed E-state index contributed by atoms with van der Waals surface area (Å²) >= 11 is 0. The highest BCUT2D eigenvalue weighted by atomic mass is 16.5. The third-order valence-corrected chi connectivity index (χ3v) is 4.82. The molecular weight excluding hydrogens is 238 g/mol. The fourth-order valence-corrected chi connectivity index (χ4v) is 3.58. The molecule has 1 heterocycles. The lowest BCUT2D eigenvalue weighted by molar-refractivity contribution is -0.0741. The molecule has 1 fully saturated rings. The van der Waals surface area contributed by atoms with Gasteiger partial charge in [0, 0.05) is 19.7 Å². The second kappa shape index (κ2) is 4.89. The Morgan fingerprint density at radius 1 is 1.37 bits per heavy atom. The van der Waals surface area contributed by atoms with Crippen molar-refractivity contribution >= 4 is 0 Å². The maximum atomic E-state index is 10.6. The van der Waals surface area contributed by atoms with Gasteiger partial charge < -0.3 is 9.84 Å². The van der Waals surface area contributed by atoms with Gasteiger partial charge in [0.15, 0.2) is 0 Å². The van der Waals surface area contributed by atoms with E-state index in [4.69, 9.17) is 4.74 Å². The quantitative estimate of drug-likeness (QED) is 0.885. The van der Waals surface area contributed by atoms with Crippen LogP contribution in [0.4, 0.5) is 0 Å². The molecule has 1 aliphatic carbocycles. The number of methoxy groups -OCH3 is 1. The third kappa shape index (κ3) is 2.31. The van der Waals surface area contributed by atoms with Crippen LogP contribution in [0.3, 0.4) is 0 Å². The van der Waals surface area contributed by atoms with Crippen LogP contribution in [0.15, 0.2) is 24.3 Å². The summed E-state index contributed by atoms with van der Waals surface area (Å²) in [6.45, 7) is 4.15. The van der Waals surface area contributed by atoms with Crippen LogP contribution in [0.5, 0.6) is 0 Å². The van der Waals surface area contributed by atoms with Gasteiger partial charge in [-0.2, -0.15) is 0 Å². The van der Waals surface area contributed by atoms with Crippen LogP contribution < -0.4 is 0 Å². The number of hydrogen-bond donors (Lipinski definition) is 1. The number of hydrogen-bond acceptors (Lipinski definition) is 3. The van der Waals surface area contributed by atoms with Gasteiger partial charge in [-0.25, -0.2) is 0 Å². The molecule has 1 saturated heterocycles. The zero-order valence-corrected chi connectivity index (χ0v) is 11.8. The first-order valence-electron chi connectivity index (χ1n) is 7.18. The van der Waals surface area contributed by atoms with Crippen molar-refractivity contribution in [3.8, 4) is 0 Å². The smallest absolute Gasteiger partial charge is 0.0951 e. The number of fused-ring (bicyclic) bond motifs is 1. The Bertz CT molecular complexity index is 462. The Labute approximate surface area is 115 Å². The Hall–Kier alpha value is -0.900. The van der Waals surface area contributed by atoms with E-state index in [0.717, 1.165) is 37.9 Å². The predicted octanol–water partition coefficient (Wildman–Crippen LogP) is 2.15. The highest BCUT2D eigenvalue weighted by Gasteiger charge is 2.40. The number of likely N-dealkylation sites (tertiary alicyclic amines) is 1. The molecule has 0 spiro atoms. The van der Waals surface area contributed by atoms with Crippen molar-refractivity contribution in [3.05, 3.63) is 35.4 Å². The summed E-state index contributed by atoms with van der Waals surface area (Å²) in [7, 11) is 1.79. The first-order chi connectivity index (χ1) is 9.13. The van der Waals surface area contributed by atoms with Crippen LogP contribution in [-0.2, 0) is 11.2 Å². The van der Waals surface area contributed by atoms with Gasteiger partial charge in [0.1, 0.15) is 0 Å². The topological polar surface area (TPSA) is 32.7 Å². The maximum Gasteiger partial charge on any atom is 0.0951 e. The van der Waals surface area contributed by atoms with Crippen LogP contribution in [0.2, 0.25) is 0 Å². The highest BCUT2D eigenvalue weighted by Crippen LogP contribution is 2.37. The zero-order valence-electron chi connectivity index (χ0n) is 11.8. The van der Waals surface area contributed by atoms with E-state index < -0.39 is 0 Å². The number of piperidine rings is 1. The van der Waals surface area contributed by atoms with Crippen LogP contribution in [0.1, 0.15) is 37.0 Å². The number of ether oxygens (including phenoxy) is 1. The van der Waals surface area contributed by atoms with Crippen molar-refractivity contribution in [3.63, 3.8) is 0 Å². The highest BCUT2D eigenvalue weighted by molar-refractivity contribution is 5.36. The molecule has 0 amide bonds. The minimum Gasteiger partial charge on any atom is -0.387 e. The van der Waals surface area contributed by atoms with Crippen molar-refractivity contribution in [2.45, 2.75) is 43.9 Å². The molecule has 3 nitrogen and oxygen atoms in total. The van der Waals surface area contributed by atoms with Gasteiger partial charge in [-0.05, 0) is 43.9 Å². The molecule has 0 bridgehead atoms. The Morgan fingerprint density at radius 2 is 2.16 bits per heavy atom. The normalized spacial score (nSPS) is 35.3. The second-order valence-corrected chi connectivity index (χ2v) is 6.14. The lowest BCUT2D eigenvalue weighted by Gasteiger charge is -2.43. The van der Waals surface area contributed by atoms with E-state index in [2.05, 4.69) is 30.0 Å². The summed E-state index contributed by atoms with van der Waals surface area (Å²) in [5.41, 5.74) is 2.34. The van der Waals surface area contributed by atoms with E-state index in [1.54, 1.807) is 7.11 Å². The summed E-state index contributed by atoms with van der Waals surface area (Å²) in [6, 6.07) is 8.48. The van der Waals surface area contributed by atoms with E-state index in [0.29, 0.717) is 0 Å². The number of aliphatic hydroxyl groups is 1. The predicted molar refractivity (Wildman–Crippen MR) is 75.1 cm³/mol. The standard InChI is InChI=1S/C16H23NO2/c1-16(19-2)8-5-9-17(11-16)14-10-12-6-3-4-7-13(12)15(14)18/h3-4,6-7,14-15,18H,5,8-11H2,1-2H3. The minimum absolute atomic E-state index is 0.0628. The number of rotatable bonds is 2. The molecule has 3 unspecified atom stereocenters. The molecule has 0 radical (unpaired) electrons. The van der Waals surface area contributed by atoms with Crippen molar-refractivity contribution in [1.29, 1.82) is 0 Å². The summed E-state index contributed by atoms with van der Waals surface area (Å²) in [4.78, 5) is 2.41. The van der Waals surface area contributed by atoms with Crippen molar-refractivity contribution in [1.82, 2.24) is 4.90 Å². The van der Waals surface area contributed by atoms with E-state index in [-0.39, 0.29) is 17.7 Å². The molecule has 1 aliphatic heterocycles. The van der Waals surface area contributed by atoms with Gasteiger partial charge >= 0.3 is 0 Å². The van der Waals surface area contributed by atoms with Gasteiger partial charge in [-0.3, -0.25) is 4.90 Å². The van der Waals surface area contributed by atoms with Gasteiger partial charge in [0.05, 0.1) is 11.7 Å². The van der Waals surface area contributed by atoms with Crippen LogP contribution >= 0.6 is 0 Å². The third-order valence-electron chi connectivity index (χ3n) is 4.82. The Balaban J connectivity index is 1.78. The van der Waals surface area contributed by atoms with Crippen molar-refractivity contribution < 1.29 is 9.84 Å². The van der Waals surface area contributed by atoms with Crippen LogP contribution in [0.25, 0.3) is 0 Å². The lowest BCUT2D eigenvalue weighted by atomic mass is 9.92. The number of benzene rings is 1. The molecule has 0 aromatic heterocycles. The Kier molecular flexibility index (Phi) is 3.37. The van der Waals surface area contributed by atoms with Gasteiger partial charge in [0.2, 0.25) is 0 Å². The molecule has 3 rings (SSSR count). The molecule has 19 heavy (non-hydrogen) atoms. The fraction of sp³-hybridized carbons (Fsp3) is 0.625. The van der Waals surface area contributed by atoms with Crippen LogP contribution in [0, 0.1) is 0 Å². The van der Waals surface area contributed by atoms with E-state index in [1.807, 2.05) is 6.07 Å². The summed E-state index contributed by atoms with van der Waals surface area (Å²) in [5, 5.41) is 10.6. The van der Waals surface area contributed by atoms with Gasteiger partial charge in [0.25, 0.3) is 0 Å². The Morgan fingerprint density at radius 3 is 2.89 bits per heavy atom.